The van der Waals surface area contributed by atoms with Crippen LogP contribution in [0.3, 0.4) is 0 Å². The molecule has 2 fully saturated rings. The van der Waals surface area contributed by atoms with Crippen LogP contribution >= 0.6 is 0 Å². The molecule has 1 aromatic heterocycles. The fourth-order valence-electron chi connectivity index (χ4n) is 2.53. The van der Waals surface area contributed by atoms with Gasteiger partial charge >= 0.3 is 7.12 Å². The van der Waals surface area contributed by atoms with Crippen molar-refractivity contribution < 1.29 is 14.0 Å². The summed E-state index contributed by atoms with van der Waals surface area (Å²) in [4.78, 5) is 0. The summed E-state index contributed by atoms with van der Waals surface area (Å²) >= 11 is 0. The quantitative estimate of drug-likeness (QED) is 0.775. The Labute approximate surface area is 120 Å². The van der Waals surface area contributed by atoms with Crippen LogP contribution in [-0.4, -0.2) is 34.7 Å². The maximum Gasteiger partial charge on any atom is 0.516 e. The minimum Gasteiger partial charge on any atom is -0.398 e. The van der Waals surface area contributed by atoms with E-state index in [1.54, 1.807) is 0 Å². The van der Waals surface area contributed by atoms with E-state index in [1.165, 1.54) is 6.42 Å². The first-order valence-electron chi connectivity index (χ1n) is 7.41. The molecule has 6 heteroatoms. The van der Waals surface area contributed by atoms with Gasteiger partial charge in [0, 0.05) is 12.8 Å². The molecule has 0 saturated carbocycles. The van der Waals surface area contributed by atoms with E-state index in [1.807, 2.05) is 44.6 Å². The maximum atomic E-state index is 6.01. The highest BCUT2D eigenvalue weighted by Crippen LogP contribution is 2.36. The van der Waals surface area contributed by atoms with Gasteiger partial charge in [0.1, 0.15) is 6.23 Å². The Hall–Kier alpha value is -0.845. The highest BCUT2D eigenvalue weighted by atomic mass is 16.7. The molecule has 0 aromatic carbocycles. The molecule has 1 aromatic rings. The van der Waals surface area contributed by atoms with Gasteiger partial charge in [0.05, 0.1) is 16.8 Å². The molecule has 0 aliphatic carbocycles. The van der Waals surface area contributed by atoms with Crippen LogP contribution in [0.2, 0.25) is 0 Å². The van der Waals surface area contributed by atoms with Gasteiger partial charge in [-0.3, -0.25) is 0 Å². The molecular weight excluding hydrogens is 255 g/mol. The van der Waals surface area contributed by atoms with Crippen LogP contribution in [0.15, 0.2) is 12.3 Å². The van der Waals surface area contributed by atoms with E-state index in [0.717, 1.165) is 25.0 Å². The normalized spacial score (nSPS) is 28.8. The van der Waals surface area contributed by atoms with Crippen LogP contribution in [0.1, 0.15) is 53.2 Å². The van der Waals surface area contributed by atoms with Gasteiger partial charge in [0.15, 0.2) is 0 Å². The SMILES string of the molecule is CC1(C)OB(c2ccn([C@@H]3CCCCO3)n2)OC1(C)C. The smallest absolute Gasteiger partial charge is 0.398 e. The monoisotopic (exact) mass is 278 g/mol. The van der Waals surface area contributed by atoms with Gasteiger partial charge in [0.2, 0.25) is 0 Å². The van der Waals surface area contributed by atoms with Crippen molar-refractivity contribution in [2.24, 2.45) is 0 Å². The summed E-state index contributed by atoms with van der Waals surface area (Å²) in [6.45, 7) is 9.02. The van der Waals surface area contributed by atoms with Crippen molar-refractivity contribution in [3.63, 3.8) is 0 Å². The van der Waals surface area contributed by atoms with Crippen molar-refractivity contribution in [3.05, 3.63) is 12.3 Å². The van der Waals surface area contributed by atoms with Crippen molar-refractivity contribution in [3.8, 4) is 0 Å². The summed E-state index contributed by atoms with van der Waals surface area (Å²) in [6.07, 6.45) is 5.36. The van der Waals surface area contributed by atoms with Gasteiger partial charge in [-0.15, -0.1) is 0 Å². The van der Waals surface area contributed by atoms with Crippen molar-refractivity contribution in [1.82, 2.24) is 9.78 Å². The predicted octanol–water partition coefficient (Wildman–Crippen LogP) is 1.88. The molecule has 0 bridgehead atoms. The van der Waals surface area contributed by atoms with E-state index in [2.05, 4.69) is 5.10 Å². The molecule has 3 heterocycles. The second-order valence-corrected chi connectivity index (χ2v) is 6.63. The Bertz CT molecular complexity index is 465. The van der Waals surface area contributed by atoms with Crippen LogP contribution in [0, 0.1) is 0 Å². The van der Waals surface area contributed by atoms with Crippen molar-refractivity contribution in [1.29, 1.82) is 0 Å². The van der Waals surface area contributed by atoms with E-state index in [-0.39, 0.29) is 17.4 Å². The number of nitrogens with zero attached hydrogens (tertiary/aromatic N) is 2. The fourth-order valence-corrected chi connectivity index (χ4v) is 2.53. The second kappa shape index (κ2) is 4.86. The number of aromatic nitrogens is 2. The zero-order valence-electron chi connectivity index (χ0n) is 12.8. The molecule has 3 rings (SSSR count). The first-order chi connectivity index (χ1) is 9.39. The van der Waals surface area contributed by atoms with E-state index < -0.39 is 7.12 Å². The van der Waals surface area contributed by atoms with Gasteiger partial charge < -0.3 is 14.0 Å². The molecule has 2 aliphatic rings. The largest absolute Gasteiger partial charge is 0.516 e. The highest BCUT2D eigenvalue weighted by Gasteiger charge is 2.52. The van der Waals surface area contributed by atoms with Crippen LogP contribution in [0.5, 0.6) is 0 Å². The lowest BCUT2D eigenvalue weighted by Gasteiger charge is -2.32. The topological polar surface area (TPSA) is 45.5 Å². The lowest BCUT2D eigenvalue weighted by Crippen LogP contribution is -2.41. The molecule has 2 aliphatic heterocycles. The van der Waals surface area contributed by atoms with Crippen molar-refractivity contribution >= 4 is 12.7 Å². The van der Waals surface area contributed by atoms with E-state index in [4.69, 9.17) is 14.0 Å². The molecule has 5 nitrogen and oxygen atoms in total. The third-order valence-electron chi connectivity index (χ3n) is 4.57. The molecular formula is C14H23BN2O3. The molecule has 0 radical (unpaired) electrons. The summed E-state index contributed by atoms with van der Waals surface area (Å²) in [5.74, 6) is 0. The minimum absolute atomic E-state index is 0.0555. The molecule has 2 saturated heterocycles. The van der Waals surface area contributed by atoms with Crippen LogP contribution in [0.4, 0.5) is 0 Å². The Morgan fingerprint density at radius 3 is 2.50 bits per heavy atom. The van der Waals surface area contributed by atoms with Crippen molar-refractivity contribution in [2.45, 2.75) is 64.4 Å². The third kappa shape index (κ3) is 2.40. The van der Waals surface area contributed by atoms with Crippen molar-refractivity contribution in [2.75, 3.05) is 6.61 Å². The second-order valence-electron chi connectivity index (χ2n) is 6.63. The summed E-state index contributed by atoms with van der Waals surface area (Å²) in [7, 11) is -0.398. The molecule has 1 atom stereocenters. The molecule has 110 valence electrons. The molecule has 0 unspecified atom stereocenters. The van der Waals surface area contributed by atoms with E-state index in [0.29, 0.717) is 0 Å². The van der Waals surface area contributed by atoms with Crippen LogP contribution in [-0.2, 0) is 14.0 Å². The van der Waals surface area contributed by atoms with E-state index >= 15 is 0 Å². The molecule has 20 heavy (non-hydrogen) atoms. The lowest BCUT2D eigenvalue weighted by atomic mass is 9.85. The standard InChI is InChI=1S/C14H23BN2O3/c1-13(2)14(3,4)20-15(19-13)11-8-9-17(16-11)12-7-5-6-10-18-12/h8-9,12H,5-7,10H2,1-4H3/t12-/m0/s1. The lowest BCUT2D eigenvalue weighted by molar-refractivity contribution is -0.0393. The third-order valence-corrected chi connectivity index (χ3v) is 4.57. The average Bonchev–Trinajstić information content (AvgIpc) is 2.94. The number of ether oxygens (including phenoxy) is 1. The zero-order chi connectivity index (χ0) is 14.4. The Morgan fingerprint density at radius 1 is 1.20 bits per heavy atom. The summed E-state index contributed by atoms with van der Waals surface area (Å²) in [5.41, 5.74) is 0.156. The van der Waals surface area contributed by atoms with Gasteiger partial charge in [-0.25, -0.2) is 4.68 Å². The average molecular weight is 278 g/mol. The molecule has 0 spiro atoms. The van der Waals surface area contributed by atoms with Gasteiger partial charge in [-0.1, -0.05) is 0 Å². The first kappa shape index (κ1) is 14.1. The van der Waals surface area contributed by atoms with E-state index in [9.17, 15) is 0 Å². The Kier molecular flexibility index (Phi) is 3.43. The number of hydrogen-bond acceptors (Lipinski definition) is 4. The van der Waals surface area contributed by atoms with Gasteiger partial charge in [-0.2, -0.15) is 5.10 Å². The Balaban J connectivity index is 1.74. The molecule has 0 amide bonds. The minimum atomic E-state index is -0.398. The summed E-state index contributed by atoms with van der Waals surface area (Å²) in [6, 6.07) is 1.96. The first-order valence-corrected chi connectivity index (χ1v) is 7.41. The zero-order valence-corrected chi connectivity index (χ0v) is 12.8. The maximum absolute atomic E-state index is 6.01. The molecule has 0 N–H and O–H groups in total. The number of hydrogen-bond donors (Lipinski definition) is 0. The fraction of sp³-hybridized carbons (Fsp3) is 0.786. The predicted molar refractivity (Wildman–Crippen MR) is 76.8 cm³/mol. The van der Waals surface area contributed by atoms with Crippen LogP contribution < -0.4 is 5.59 Å². The summed E-state index contributed by atoms with van der Waals surface area (Å²) < 4.78 is 19.7. The summed E-state index contributed by atoms with van der Waals surface area (Å²) in [5, 5.41) is 4.59. The number of rotatable bonds is 2. The van der Waals surface area contributed by atoms with Crippen LogP contribution in [0.25, 0.3) is 0 Å². The Morgan fingerprint density at radius 2 is 1.90 bits per heavy atom. The van der Waals surface area contributed by atoms with Gasteiger partial charge in [-0.05, 0) is 53.0 Å². The van der Waals surface area contributed by atoms with Gasteiger partial charge in [0.25, 0.3) is 0 Å². The highest BCUT2D eigenvalue weighted by molar-refractivity contribution is 6.61.